The molecule has 0 atom stereocenters. The highest BCUT2D eigenvalue weighted by Crippen LogP contribution is 2.30. The number of amides is 1. The highest BCUT2D eigenvalue weighted by atomic mass is 19.1. The topological polar surface area (TPSA) is 46.1 Å². The molecule has 1 aliphatic rings. The van der Waals surface area contributed by atoms with Crippen molar-refractivity contribution in [3.05, 3.63) is 65.7 Å². The van der Waals surface area contributed by atoms with E-state index in [1.165, 1.54) is 12.1 Å². The van der Waals surface area contributed by atoms with Crippen molar-refractivity contribution in [3.8, 4) is 0 Å². The molecule has 3 heterocycles. The van der Waals surface area contributed by atoms with Crippen molar-refractivity contribution in [1.29, 1.82) is 0 Å². The Bertz CT molecular complexity index is 880. The molecular formula is C17H12FN3O. The fourth-order valence-corrected chi connectivity index (χ4v) is 2.78. The van der Waals surface area contributed by atoms with E-state index in [4.69, 9.17) is 0 Å². The maximum absolute atomic E-state index is 13.4. The van der Waals surface area contributed by atoms with Crippen LogP contribution in [0.15, 0.2) is 48.8 Å². The summed E-state index contributed by atoms with van der Waals surface area (Å²) < 4.78 is 13.4. The van der Waals surface area contributed by atoms with Gasteiger partial charge in [-0.25, -0.2) is 9.37 Å². The minimum atomic E-state index is -0.329. The minimum absolute atomic E-state index is 0.107. The lowest BCUT2D eigenvalue weighted by atomic mass is 10.1. The van der Waals surface area contributed by atoms with Gasteiger partial charge < -0.3 is 0 Å². The van der Waals surface area contributed by atoms with Crippen LogP contribution >= 0.6 is 0 Å². The molecule has 0 radical (unpaired) electrons. The van der Waals surface area contributed by atoms with E-state index in [2.05, 4.69) is 9.97 Å². The lowest BCUT2D eigenvalue weighted by Crippen LogP contribution is -2.29. The van der Waals surface area contributed by atoms with Crippen LogP contribution in [0.1, 0.15) is 15.9 Å². The van der Waals surface area contributed by atoms with Crippen molar-refractivity contribution in [2.75, 3.05) is 11.4 Å². The number of anilines is 1. The molecule has 4 nitrogen and oxygen atoms in total. The van der Waals surface area contributed by atoms with Gasteiger partial charge >= 0.3 is 0 Å². The summed E-state index contributed by atoms with van der Waals surface area (Å²) in [6.45, 7) is 0.586. The van der Waals surface area contributed by atoms with Crippen LogP contribution in [0.5, 0.6) is 0 Å². The lowest BCUT2D eigenvalue weighted by Gasteiger charge is -2.16. The SMILES string of the molecule is O=C(c1ccncc1)N1CCc2cc3ccc(F)cc3nc21. The fraction of sp³-hybridized carbons (Fsp3) is 0.118. The zero-order valence-electron chi connectivity index (χ0n) is 11.7. The third-order valence-electron chi connectivity index (χ3n) is 3.87. The van der Waals surface area contributed by atoms with Crippen LogP contribution in [0, 0.1) is 5.82 Å². The summed E-state index contributed by atoms with van der Waals surface area (Å²) in [6.07, 6.45) is 3.94. The molecule has 0 spiro atoms. The average molecular weight is 293 g/mol. The summed E-state index contributed by atoms with van der Waals surface area (Å²) in [5.74, 6) is 0.189. The number of hydrogen-bond donors (Lipinski definition) is 0. The fourth-order valence-electron chi connectivity index (χ4n) is 2.78. The second-order valence-electron chi connectivity index (χ2n) is 5.25. The lowest BCUT2D eigenvalue weighted by molar-refractivity contribution is 0.0988. The summed E-state index contributed by atoms with van der Waals surface area (Å²) in [6, 6.07) is 9.87. The average Bonchev–Trinajstić information content (AvgIpc) is 2.95. The normalized spacial score (nSPS) is 13.4. The van der Waals surface area contributed by atoms with Crippen LogP contribution in [0.2, 0.25) is 0 Å². The van der Waals surface area contributed by atoms with Gasteiger partial charge in [0.25, 0.3) is 5.91 Å². The van der Waals surface area contributed by atoms with Crippen LogP contribution in [-0.4, -0.2) is 22.4 Å². The molecule has 0 saturated carbocycles. The van der Waals surface area contributed by atoms with E-state index in [-0.39, 0.29) is 11.7 Å². The predicted molar refractivity (Wildman–Crippen MR) is 81.3 cm³/mol. The largest absolute Gasteiger partial charge is 0.292 e. The number of nitrogens with zero attached hydrogens (tertiary/aromatic N) is 3. The molecule has 0 N–H and O–H groups in total. The van der Waals surface area contributed by atoms with E-state index in [1.54, 1.807) is 35.5 Å². The second-order valence-corrected chi connectivity index (χ2v) is 5.25. The van der Waals surface area contributed by atoms with Gasteiger partial charge in [-0.15, -0.1) is 0 Å². The van der Waals surface area contributed by atoms with Gasteiger partial charge in [-0.2, -0.15) is 0 Å². The third kappa shape index (κ3) is 2.02. The van der Waals surface area contributed by atoms with Crippen molar-refractivity contribution in [2.24, 2.45) is 0 Å². The Morgan fingerprint density at radius 1 is 1.14 bits per heavy atom. The zero-order chi connectivity index (χ0) is 15.1. The number of fused-ring (bicyclic) bond motifs is 2. The van der Waals surface area contributed by atoms with E-state index < -0.39 is 0 Å². The maximum Gasteiger partial charge on any atom is 0.259 e. The standard InChI is InChI=1S/C17H12FN3O/c18-14-2-1-12-9-13-5-8-21(16(13)20-15(12)10-14)17(22)11-3-6-19-7-4-11/h1-4,6-7,9-10H,5,8H2. The molecule has 1 amide bonds. The van der Waals surface area contributed by atoms with E-state index >= 15 is 0 Å². The first-order chi connectivity index (χ1) is 10.7. The molecule has 1 aliphatic heterocycles. The number of pyridine rings is 2. The monoisotopic (exact) mass is 293 g/mol. The summed E-state index contributed by atoms with van der Waals surface area (Å²) in [7, 11) is 0. The van der Waals surface area contributed by atoms with E-state index in [0.29, 0.717) is 23.4 Å². The first-order valence-electron chi connectivity index (χ1n) is 7.03. The Hall–Kier alpha value is -2.82. The highest BCUT2D eigenvalue weighted by molar-refractivity contribution is 6.07. The van der Waals surface area contributed by atoms with Gasteiger partial charge in [0.1, 0.15) is 11.6 Å². The van der Waals surface area contributed by atoms with Gasteiger partial charge in [0.15, 0.2) is 0 Å². The van der Waals surface area contributed by atoms with Crippen LogP contribution in [0.3, 0.4) is 0 Å². The van der Waals surface area contributed by atoms with Crippen LogP contribution in [0.4, 0.5) is 10.2 Å². The number of rotatable bonds is 1. The smallest absolute Gasteiger partial charge is 0.259 e. The number of carbonyl (C=O) groups is 1. The Morgan fingerprint density at radius 2 is 1.95 bits per heavy atom. The first-order valence-corrected chi connectivity index (χ1v) is 7.03. The molecule has 0 fully saturated rings. The number of halogens is 1. The van der Waals surface area contributed by atoms with Crippen molar-refractivity contribution >= 4 is 22.6 Å². The Balaban J connectivity index is 1.80. The van der Waals surface area contributed by atoms with Gasteiger partial charge in [-0.3, -0.25) is 14.7 Å². The molecular weight excluding hydrogens is 281 g/mol. The Labute approximate surface area is 126 Å². The molecule has 1 aromatic carbocycles. The van der Waals surface area contributed by atoms with Crippen molar-refractivity contribution in [2.45, 2.75) is 6.42 Å². The molecule has 0 unspecified atom stereocenters. The van der Waals surface area contributed by atoms with Crippen LogP contribution < -0.4 is 4.90 Å². The molecule has 2 aromatic heterocycles. The van der Waals surface area contributed by atoms with Crippen molar-refractivity contribution < 1.29 is 9.18 Å². The van der Waals surface area contributed by atoms with Gasteiger partial charge in [-0.1, -0.05) is 0 Å². The van der Waals surface area contributed by atoms with Gasteiger partial charge in [0.05, 0.1) is 5.52 Å². The quantitative estimate of drug-likeness (QED) is 0.693. The molecule has 0 bridgehead atoms. The maximum atomic E-state index is 13.4. The number of hydrogen-bond acceptors (Lipinski definition) is 3. The van der Waals surface area contributed by atoms with E-state index in [0.717, 1.165) is 17.4 Å². The number of aromatic nitrogens is 2. The number of carbonyl (C=O) groups excluding carboxylic acids is 1. The predicted octanol–water partition coefficient (Wildman–Crippen LogP) is 2.97. The van der Waals surface area contributed by atoms with Crippen LogP contribution in [-0.2, 0) is 6.42 Å². The third-order valence-corrected chi connectivity index (χ3v) is 3.87. The molecule has 3 aromatic rings. The Kier molecular flexibility index (Phi) is 2.85. The molecule has 108 valence electrons. The molecule has 4 rings (SSSR count). The summed E-state index contributed by atoms with van der Waals surface area (Å²) in [5.41, 5.74) is 2.15. The number of benzene rings is 1. The van der Waals surface area contributed by atoms with Gasteiger partial charge in [-0.05, 0) is 42.3 Å². The molecule has 0 saturated heterocycles. The van der Waals surface area contributed by atoms with E-state index in [9.17, 15) is 9.18 Å². The van der Waals surface area contributed by atoms with Gasteiger partial charge in [0.2, 0.25) is 0 Å². The van der Waals surface area contributed by atoms with E-state index in [1.807, 2.05) is 6.07 Å². The molecule has 0 aliphatic carbocycles. The van der Waals surface area contributed by atoms with Crippen molar-refractivity contribution in [3.63, 3.8) is 0 Å². The minimum Gasteiger partial charge on any atom is -0.292 e. The zero-order valence-corrected chi connectivity index (χ0v) is 11.7. The molecule has 22 heavy (non-hydrogen) atoms. The Morgan fingerprint density at radius 3 is 2.77 bits per heavy atom. The summed E-state index contributed by atoms with van der Waals surface area (Å²) in [4.78, 5) is 22.7. The summed E-state index contributed by atoms with van der Waals surface area (Å²) in [5, 5.41) is 0.887. The van der Waals surface area contributed by atoms with Crippen molar-refractivity contribution in [1.82, 2.24) is 9.97 Å². The highest BCUT2D eigenvalue weighted by Gasteiger charge is 2.27. The summed E-state index contributed by atoms with van der Waals surface area (Å²) >= 11 is 0. The van der Waals surface area contributed by atoms with Crippen LogP contribution in [0.25, 0.3) is 10.9 Å². The molecule has 5 heteroatoms. The first kappa shape index (κ1) is 12.9. The second kappa shape index (κ2) is 4.87. The van der Waals surface area contributed by atoms with Gasteiger partial charge in [0, 0.05) is 36.0 Å².